The van der Waals surface area contributed by atoms with E-state index in [0.29, 0.717) is 16.9 Å². The first-order chi connectivity index (χ1) is 14.4. The molecule has 0 bridgehead atoms. The molecule has 7 nitrogen and oxygen atoms in total. The van der Waals surface area contributed by atoms with Crippen LogP contribution in [0, 0.1) is 0 Å². The van der Waals surface area contributed by atoms with Crippen molar-refractivity contribution >= 4 is 29.2 Å². The summed E-state index contributed by atoms with van der Waals surface area (Å²) in [4.78, 5) is 36.4. The molecule has 0 radical (unpaired) electrons. The maximum atomic E-state index is 12.5. The monoisotopic (exact) mass is 422 g/mol. The molecule has 0 atom stereocenters. The number of cyclic esters (lactones) is 2. The molecule has 3 rings (SSSR count). The second-order valence-electron chi connectivity index (χ2n) is 8.74. The standard InChI is InChI=1S/C24H26N2O5/c1-23(2,3)16-8-6-15(7-9-16)20(27)26-18-12-10-17(11-13-18)25-14-19-21(28)30-24(4,5)31-22(19)29/h6-14,25H,1-5H3,(H,26,27). The highest BCUT2D eigenvalue weighted by atomic mass is 16.7. The van der Waals surface area contributed by atoms with Crippen LogP contribution < -0.4 is 10.6 Å². The molecule has 1 fully saturated rings. The van der Waals surface area contributed by atoms with Gasteiger partial charge >= 0.3 is 11.9 Å². The molecule has 2 N–H and O–H groups in total. The van der Waals surface area contributed by atoms with E-state index in [4.69, 9.17) is 9.47 Å². The van der Waals surface area contributed by atoms with Crippen LogP contribution in [-0.2, 0) is 24.5 Å². The van der Waals surface area contributed by atoms with Crippen LogP contribution in [0.25, 0.3) is 0 Å². The fourth-order valence-electron chi connectivity index (χ4n) is 2.91. The Morgan fingerprint density at radius 1 is 0.871 bits per heavy atom. The highest BCUT2D eigenvalue weighted by molar-refractivity contribution is 6.15. The second-order valence-corrected chi connectivity index (χ2v) is 8.74. The lowest BCUT2D eigenvalue weighted by atomic mass is 9.87. The Morgan fingerprint density at radius 3 is 1.90 bits per heavy atom. The van der Waals surface area contributed by atoms with Gasteiger partial charge in [0.25, 0.3) is 11.7 Å². The van der Waals surface area contributed by atoms with Crippen LogP contribution in [0.1, 0.15) is 50.5 Å². The Hall–Kier alpha value is -3.61. The molecule has 0 aliphatic carbocycles. The number of carbonyl (C=O) groups is 3. The quantitative estimate of drug-likeness (QED) is 0.432. The van der Waals surface area contributed by atoms with Crippen LogP contribution in [0.5, 0.6) is 0 Å². The minimum absolute atomic E-state index is 0.0223. The zero-order valence-corrected chi connectivity index (χ0v) is 18.2. The summed E-state index contributed by atoms with van der Waals surface area (Å²) in [5, 5.41) is 5.70. The van der Waals surface area contributed by atoms with Gasteiger partial charge in [0.1, 0.15) is 0 Å². The first-order valence-corrected chi connectivity index (χ1v) is 9.90. The predicted octanol–water partition coefficient (Wildman–Crippen LogP) is 4.37. The van der Waals surface area contributed by atoms with Crippen molar-refractivity contribution in [2.24, 2.45) is 0 Å². The van der Waals surface area contributed by atoms with Gasteiger partial charge in [-0.15, -0.1) is 0 Å². The van der Waals surface area contributed by atoms with Gasteiger partial charge < -0.3 is 20.1 Å². The number of esters is 2. The zero-order valence-electron chi connectivity index (χ0n) is 18.2. The summed E-state index contributed by atoms with van der Waals surface area (Å²) in [7, 11) is 0. The molecule has 0 saturated carbocycles. The molecule has 1 aliphatic heterocycles. The van der Waals surface area contributed by atoms with Crippen molar-refractivity contribution in [1.29, 1.82) is 0 Å². The van der Waals surface area contributed by atoms with E-state index in [-0.39, 0.29) is 16.9 Å². The van der Waals surface area contributed by atoms with Gasteiger partial charge in [0.2, 0.25) is 0 Å². The third kappa shape index (κ3) is 5.51. The van der Waals surface area contributed by atoms with Crippen LogP contribution in [0.15, 0.2) is 60.3 Å². The number of carbonyl (C=O) groups excluding carboxylic acids is 3. The van der Waals surface area contributed by atoms with Crippen molar-refractivity contribution in [2.75, 3.05) is 10.6 Å². The molecule has 162 valence electrons. The van der Waals surface area contributed by atoms with E-state index < -0.39 is 17.7 Å². The highest BCUT2D eigenvalue weighted by Gasteiger charge is 2.38. The van der Waals surface area contributed by atoms with Gasteiger partial charge in [0.15, 0.2) is 5.57 Å². The van der Waals surface area contributed by atoms with E-state index in [9.17, 15) is 14.4 Å². The first kappa shape index (κ1) is 22.1. The summed E-state index contributed by atoms with van der Waals surface area (Å²) in [6, 6.07) is 14.4. The maximum absolute atomic E-state index is 12.5. The zero-order chi connectivity index (χ0) is 22.8. The van der Waals surface area contributed by atoms with Crippen molar-refractivity contribution in [3.05, 3.63) is 71.4 Å². The lowest BCUT2D eigenvalue weighted by Crippen LogP contribution is -2.42. The number of amides is 1. The number of nitrogens with one attached hydrogen (secondary N) is 2. The average molecular weight is 422 g/mol. The number of hydrogen-bond donors (Lipinski definition) is 2. The van der Waals surface area contributed by atoms with Crippen LogP contribution in [-0.4, -0.2) is 23.6 Å². The molecule has 2 aromatic carbocycles. The Labute approximate surface area is 181 Å². The molecular weight excluding hydrogens is 396 g/mol. The fourth-order valence-corrected chi connectivity index (χ4v) is 2.91. The fraction of sp³-hybridized carbons (Fsp3) is 0.292. The van der Waals surface area contributed by atoms with E-state index in [2.05, 4.69) is 31.4 Å². The number of anilines is 2. The van der Waals surface area contributed by atoms with Gasteiger partial charge in [-0.25, -0.2) is 9.59 Å². The molecule has 0 aromatic heterocycles. The van der Waals surface area contributed by atoms with Crippen LogP contribution in [0.3, 0.4) is 0 Å². The largest absolute Gasteiger partial charge is 0.419 e. The minimum Gasteiger partial charge on any atom is -0.419 e. The summed E-state index contributed by atoms with van der Waals surface area (Å²) in [6.45, 7) is 9.33. The van der Waals surface area contributed by atoms with Crippen molar-refractivity contribution in [2.45, 2.75) is 45.8 Å². The maximum Gasteiger partial charge on any atom is 0.350 e. The number of benzene rings is 2. The molecule has 0 spiro atoms. The lowest BCUT2D eigenvalue weighted by Gasteiger charge is -2.29. The van der Waals surface area contributed by atoms with Gasteiger partial charge in [-0.05, 0) is 47.4 Å². The smallest absolute Gasteiger partial charge is 0.350 e. The third-order valence-electron chi connectivity index (χ3n) is 4.66. The summed E-state index contributed by atoms with van der Waals surface area (Å²) < 4.78 is 10.1. The highest BCUT2D eigenvalue weighted by Crippen LogP contribution is 2.24. The van der Waals surface area contributed by atoms with E-state index in [1.165, 1.54) is 20.0 Å². The molecule has 1 amide bonds. The van der Waals surface area contributed by atoms with Gasteiger partial charge in [-0.2, -0.15) is 0 Å². The Balaban J connectivity index is 1.62. The van der Waals surface area contributed by atoms with Crippen molar-refractivity contribution in [3.63, 3.8) is 0 Å². The van der Waals surface area contributed by atoms with Crippen LogP contribution in [0.4, 0.5) is 11.4 Å². The van der Waals surface area contributed by atoms with Crippen molar-refractivity contribution in [1.82, 2.24) is 0 Å². The van der Waals surface area contributed by atoms with Gasteiger partial charge in [0, 0.05) is 37.0 Å². The topological polar surface area (TPSA) is 93.7 Å². The van der Waals surface area contributed by atoms with E-state index in [0.717, 1.165) is 5.56 Å². The molecule has 1 aliphatic rings. The molecule has 1 heterocycles. The molecule has 31 heavy (non-hydrogen) atoms. The van der Waals surface area contributed by atoms with Gasteiger partial charge in [-0.1, -0.05) is 32.9 Å². The molecule has 2 aromatic rings. The molecule has 7 heteroatoms. The van der Waals surface area contributed by atoms with E-state index in [1.807, 2.05) is 24.3 Å². The molecule has 0 unspecified atom stereocenters. The summed E-state index contributed by atoms with van der Waals surface area (Å²) >= 11 is 0. The number of ether oxygens (including phenoxy) is 2. The summed E-state index contributed by atoms with van der Waals surface area (Å²) in [5.41, 5.74) is 2.75. The molecule has 1 saturated heterocycles. The Bertz CT molecular complexity index is 1010. The number of rotatable bonds is 4. The SMILES string of the molecule is CC1(C)OC(=O)C(=CNc2ccc(NC(=O)c3ccc(C(C)(C)C)cc3)cc2)C(=O)O1. The second kappa shape index (κ2) is 8.26. The number of hydrogen-bond acceptors (Lipinski definition) is 6. The van der Waals surface area contributed by atoms with Crippen LogP contribution >= 0.6 is 0 Å². The van der Waals surface area contributed by atoms with Crippen molar-refractivity contribution < 1.29 is 23.9 Å². The Morgan fingerprint density at radius 2 is 1.39 bits per heavy atom. The van der Waals surface area contributed by atoms with Gasteiger partial charge in [-0.3, -0.25) is 4.79 Å². The van der Waals surface area contributed by atoms with E-state index >= 15 is 0 Å². The third-order valence-corrected chi connectivity index (χ3v) is 4.66. The van der Waals surface area contributed by atoms with Crippen LogP contribution in [0.2, 0.25) is 0 Å². The van der Waals surface area contributed by atoms with Crippen molar-refractivity contribution in [3.8, 4) is 0 Å². The molecular formula is C24H26N2O5. The van der Waals surface area contributed by atoms with Gasteiger partial charge in [0.05, 0.1) is 0 Å². The van der Waals surface area contributed by atoms with E-state index in [1.54, 1.807) is 24.3 Å². The average Bonchev–Trinajstić information content (AvgIpc) is 2.67. The lowest BCUT2D eigenvalue weighted by molar-refractivity contribution is -0.222. The normalized spacial score (nSPS) is 15.6. The Kier molecular flexibility index (Phi) is 5.88. The first-order valence-electron chi connectivity index (χ1n) is 9.90. The predicted molar refractivity (Wildman–Crippen MR) is 118 cm³/mol. The minimum atomic E-state index is -1.28. The summed E-state index contributed by atoms with van der Waals surface area (Å²) in [5.74, 6) is -3.00. The summed E-state index contributed by atoms with van der Waals surface area (Å²) in [6.07, 6.45) is 1.24.